The Balaban J connectivity index is 2.74. The number of halogens is 2. The van der Waals surface area contributed by atoms with Crippen molar-refractivity contribution in [1.82, 2.24) is 15.0 Å². The quantitative estimate of drug-likeness (QED) is 0.653. The van der Waals surface area contributed by atoms with Crippen molar-refractivity contribution in [3.63, 3.8) is 0 Å². The Morgan fingerprint density at radius 2 is 2.33 bits per heavy atom. The number of aromatic nitrogens is 3. The van der Waals surface area contributed by atoms with Crippen LogP contribution >= 0.6 is 34.2 Å². The highest BCUT2D eigenvalue weighted by Crippen LogP contribution is 2.27. The van der Waals surface area contributed by atoms with Crippen molar-refractivity contribution in [2.45, 2.75) is 12.8 Å². The molecule has 6 heteroatoms. The molecule has 0 saturated carbocycles. The van der Waals surface area contributed by atoms with Crippen molar-refractivity contribution >= 4 is 45.2 Å². The first-order valence-electron chi connectivity index (χ1n) is 4.44. The number of aliphatic hydroxyl groups is 1. The third-order valence-corrected chi connectivity index (χ3v) is 3.24. The summed E-state index contributed by atoms with van der Waals surface area (Å²) in [5.41, 5.74) is 1.51. The number of hydrogen-bond donors (Lipinski definition) is 2. The number of nitrogens with zero attached hydrogens (tertiary/aromatic N) is 2. The lowest BCUT2D eigenvalue weighted by atomic mass is 10.1. The molecule has 2 heterocycles. The Morgan fingerprint density at radius 1 is 1.60 bits per heavy atom. The van der Waals surface area contributed by atoms with Gasteiger partial charge in [0.1, 0.15) is 5.65 Å². The maximum atomic E-state index is 9.15. The Hall–Kier alpha value is -0.400. The zero-order valence-corrected chi connectivity index (χ0v) is 10.9. The summed E-state index contributed by atoms with van der Waals surface area (Å²) in [6, 6.07) is 0. The van der Waals surface area contributed by atoms with Crippen LogP contribution in [0.2, 0.25) is 5.28 Å². The number of nitrogens with one attached hydrogen (secondary N) is 1. The number of hydrogen-bond acceptors (Lipinski definition) is 3. The van der Waals surface area contributed by atoms with E-state index in [0.29, 0.717) is 0 Å². The van der Waals surface area contributed by atoms with Gasteiger partial charge in [0.2, 0.25) is 5.28 Å². The van der Waals surface area contributed by atoms with Crippen LogP contribution in [0.25, 0.3) is 11.0 Å². The predicted octanol–water partition coefficient (Wildman–Crippen LogP) is 2.31. The van der Waals surface area contributed by atoms with Crippen LogP contribution in [0, 0.1) is 3.57 Å². The normalized spacial score (nSPS) is 13.3. The van der Waals surface area contributed by atoms with Gasteiger partial charge in [-0.2, -0.15) is 4.98 Å². The van der Waals surface area contributed by atoms with Gasteiger partial charge in [-0.15, -0.1) is 0 Å². The summed E-state index contributed by atoms with van der Waals surface area (Å²) in [6.45, 7) is 1.95. The third-order valence-electron chi connectivity index (χ3n) is 2.22. The van der Waals surface area contributed by atoms with Crippen molar-refractivity contribution < 1.29 is 5.11 Å². The van der Waals surface area contributed by atoms with E-state index < -0.39 is 0 Å². The molecule has 15 heavy (non-hydrogen) atoms. The van der Waals surface area contributed by atoms with Crippen molar-refractivity contribution in [2.24, 2.45) is 0 Å². The number of aromatic amines is 1. The van der Waals surface area contributed by atoms with E-state index >= 15 is 0 Å². The maximum absolute atomic E-state index is 9.15. The summed E-state index contributed by atoms with van der Waals surface area (Å²) in [5, 5.41) is 10.3. The maximum Gasteiger partial charge on any atom is 0.224 e. The minimum Gasteiger partial charge on any atom is -0.396 e. The van der Waals surface area contributed by atoms with Crippen molar-refractivity contribution in [3.8, 4) is 0 Å². The van der Waals surface area contributed by atoms with Gasteiger partial charge in [-0.05, 0) is 34.2 Å². The minimum absolute atomic E-state index is 0.0442. The van der Waals surface area contributed by atoms with Gasteiger partial charge in [0.05, 0.1) is 17.7 Å². The van der Waals surface area contributed by atoms with E-state index in [1.165, 1.54) is 0 Å². The van der Waals surface area contributed by atoms with Gasteiger partial charge >= 0.3 is 0 Å². The number of H-pyrrole nitrogens is 1. The smallest absolute Gasteiger partial charge is 0.224 e. The molecule has 0 radical (unpaired) electrons. The van der Waals surface area contributed by atoms with Gasteiger partial charge in [-0.3, -0.25) is 0 Å². The summed E-state index contributed by atoms with van der Waals surface area (Å²) >= 11 is 8.01. The molecule has 1 unspecified atom stereocenters. The molecule has 4 nitrogen and oxygen atoms in total. The summed E-state index contributed by atoms with van der Waals surface area (Å²) < 4.78 is 1.04. The third kappa shape index (κ3) is 1.95. The first-order chi connectivity index (χ1) is 7.13. The molecular weight excluding hydrogens is 328 g/mol. The molecule has 80 valence electrons. The van der Waals surface area contributed by atoms with E-state index in [1.807, 2.05) is 13.1 Å². The molecule has 2 aromatic rings. The molecule has 2 N–H and O–H groups in total. The molecule has 0 aromatic carbocycles. The first-order valence-corrected chi connectivity index (χ1v) is 5.90. The molecule has 0 aliphatic rings. The second-order valence-electron chi connectivity index (χ2n) is 3.32. The minimum atomic E-state index is -0.0442. The van der Waals surface area contributed by atoms with E-state index in [2.05, 4.69) is 37.5 Å². The monoisotopic (exact) mass is 337 g/mol. The van der Waals surface area contributed by atoms with Crippen molar-refractivity contribution in [2.75, 3.05) is 6.61 Å². The predicted molar refractivity (Wildman–Crippen MR) is 67.1 cm³/mol. The van der Waals surface area contributed by atoms with Crippen LogP contribution in [-0.4, -0.2) is 26.7 Å². The molecule has 0 amide bonds. The van der Waals surface area contributed by atoms with Gasteiger partial charge < -0.3 is 10.1 Å². The molecule has 0 spiro atoms. The Bertz CT molecular complexity index is 499. The Morgan fingerprint density at radius 3 is 3.00 bits per heavy atom. The standard InChI is InChI=1S/C9H9ClIN3O/c1-4(3-15)7-6-5(11)2-12-8(6)14-9(10)13-7/h2,4,15H,3H2,1H3,(H,12,13,14). The van der Waals surface area contributed by atoms with Crippen LogP contribution in [0.5, 0.6) is 0 Å². The van der Waals surface area contributed by atoms with Crippen LogP contribution in [0.3, 0.4) is 0 Å². The average Bonchev–Trinajstić information content (AvgIpc) is 2.58. The van der Waals surface area contributed by atoms with Crippen LogP contribution in [0.1, 0.15) is 18.5 Å². The molecule has 0 aliphatic heterocycles. The second kappa shape index (κ2) is 4.23. The molecule has 0 bridgehead atoms. The molecule has 0 fully saturated rings. The summed E-state index contributed by atoms with van der Waals surface area (Å²) in [5.74, 6) is -0.0442. The zero-order valence-electron chi connectivity index (χ0n) is 7.96. The topological polar surface area (TPSA) is 61.8 Å². The molecule has 0 aliphatic carbocycles. The Labute approximate surface area is 105 Å². The van der Waals surface area contributed by atoms with E-state index in [1.54, 1.807) is 0 Å². The van der Waals surface area contributed by atoms with Gasteiger partial charge in [-0.1, -0.05) is 6.92 Å². The number of fused-ring (bicyclic) bond motifs is 1. The van der Waals surface area contributed by atoms with Crippen LogP contribution < -0.4 is 0 Å². The highest BCUT2D eigenvalue weighted by molar-refractivity contribution is 14.1. The summed E-state index contributed by atoms with van der Waals surface area (Å²) in [4.78, 5) is 11.3. The van der Waals surface area contributed by atoms with Crippen LogP contribution in [-0.2, 0) is 0 Å². The molecule has 1 atom stereocenters. The highest BCUT2D eigenvalue weighted by Gasteiger charge is 2.16. The van der Waals surface area contributed by atoms with Gasteiger partial charge in [0.25, 0.3) is 0 Å². The van der Waals surface area contributed by atoms with Crippen LogP contribution in [0.15, 0.2) is 6.20 Å². The van der Waals surface area contributed by atoms with Gasteiger partial charge in [-0.25, -0.2) is 4.98 Å². The largest absolute Gasteiger partial charge is 0.396 e. The highest BCUT2D eigenvalue weighted by atomic mass is 127. The lowest BCUT2D eigenvalue weighted by Crippen LogP contribution is -2.04. The molecule has 2 aromatic heterocycles. The van der Waals surface area contributed by atoms with E-state index in [4.69, 9.17) is 16.7 Å². The fourth-order valence-electron chi connectivity index (χ4n) is 1.44. The fourth-order valence-corrected chi connectivity index (χ4v) is 2.30. The molecule has 2 rings (SSSR count). The average molecular weight is 338 g/mol. The zero-order chi connectivity index (χ0) is 11.0. The second-order valence-corrected chi connectivity index (χ2v) is 4.82. The van der Waals surface area contributed by atoms with Crippen molar-refractivity contribution in [1.29, 1.82) is 0 Å². The van der Waals surface area contributed by atoms with Gasteiger partial charge in [0.15, 0.2) is 0 Å². The summed E-state index contributed by atoms with van der Waals surface area (Å²) in [7, 11) is 0. The van der Waals surface area contributed by atoms with E-state index in [-0.39, 0.29) is 17.8 Å². The number of aliphatic hydroxyl groups excluding tert-OH is 1. The fraction of sp³-hybridized carbons (Fsp3) is 0.333. The Kier molecular flexibility index (Phi) is 3.13. The van der Waals surface area contributed by atoms with Crippen molar-refractivity contribution in [3.05, 3.63) is 20.7 Å². The number of rotatable bonds is 2. The van der Waals surface area contributed by atoms with E-state index in [0.717, 1.165) is 20.3 Å². The first kappa shape index (κ1) is 11.1. The molecular formula is C9H9ClIN3O. The van der Waals surface area contributed by atoms with Gasteiger partial charge in [0, 0.05) is 15.7 Å². The lowest BCUT2D eigenvalue weighted by Gasteiger charge is -2.08. The lowest BCUT2D eigenvalue weighted by molar-refractivity contribution is 0.271. The SMILES string of the molecule is CC(CO)c1nc(Cl)nc2[nH]cc(I)c12. The van der Waals surface area contributed by atoms with E-state index in [9.17, 15) is 0 Å². The summed E-state index contributed by atoms with van der Waals surface area (Å²) in [6.07, 6.45) is 1.85. The van der Waals surface area contributed by atoms with Crippen LogP contribution in [0.4, 0.5) is 0 Å². The molecule has 0 saturated heterocycles.